The fourth-order valence-electron chi connectivity index (χ4n) is 3.76. The van der Waals surface area contributed by atoms with Gasteiger partial charge in [-0.05, 0) is 57.9 Å². The molecule has 0 unspecified atom stereocenters. The van der Waals surface area contributed by atoms with Crippen LogP contribution in [0.25, 0.3) is 44.1 Å². The second-order valence-electron chi connectivity index (χ2n) is 7.55. The Balaban J connectivity index is 0.000000321. The van der Waals surface area contributed by atoms with E-state index in [4.69, 9.17) is 0 Å². The molecule has 0 bridgehead atoms. The predicted octanol–water partition coefficient (Wildman–Crippen LogP) is 11.0. The van der Waals surface area contributed by atoms with Crippen LogP contribution in [0.2, 0.25) is 0 Å². The van der Waals surface area contributed by atoms with Crippen LogP contribution in [0, 0.1) is 0 Å². The Bertz CT molecular complexity index is 1400. The highest BCUT2D eigenvalue weighted by Gasteiger charge is 2.00. The highest BCUT2D eigenvalue weighted by Crippen LogP contribution is 2.23. The van der Waals surface area contributed by atoms with Gasteiger partial charge in [0.15, 0.2) is 0 Å². The van der Waals surface area contributed by atoms with Gasteiger partial charge in [0.05, 0.1) is 11.4 Å². The minimum absolute atomic E-state index is 1.02. The normalized spacial score (nSPS) is 8.80. The Hall–Kier alpha value is -5.34. The van der Waals surface area contributed by atoms with Crippen LogP contribution in [0.1, 0.15) is 0 Å². The van der Waals surface area contributed by atoms with Gasteiger partial charge in [-0.15, -0.1) is 52.6 Å². The third kappa shape index (κ3) is 9.51. The number of nitrogens with zero attached hydrogens (tertiary/aromatic N) is 2. The van der Waals surface area contributed by atoms with E-state index in [1.54, 1.807) is 0 Å². The summed E-state index contributed by atoms with van der Waals surface area (Å²) in [5.74, 6) is 0. The molecule has 6 aromatic rings. The SMILES string of the molecule is C=C.C=C.C=C.C=C.c1ccc(-c2ccc3ccccc3c2)nc1.c1ccc(-c2ccc3ccccc3c2)nc1. The average Bonchev–Trinajstić information content (AvgIpc) is 3.09. The second-order valence-corrected chi connectivity index (χ2v) is 7.55. The van der Waals surface area contributed by atoms with Crippen molar-refractivity contribution in [3.05, 3.63) is 186 Å². The minimum atomic E-state index is 1.02. The van der Waals surface area contributed by atoms with Crippen molar-refractivity contribution in [2.45, 2.75) is 0 Å². The maximum absolute atomic E-state index is 4.36. The van der Waals surface area contributed by atoms with Crippen LogP contribution in [0.4, 0.5) is 0 Å². The van der Waals surface area contributed by atoms with Gasteiger partial charge in [-0.25, -0.2) is 0 Å². The summed E-state index contributed by atoms with van der Waals surface area (Å²) in [5, 5.41) is 5.04. The van der Waals surface area contributed by atoms with E-state index in [2.05, 4.69) is 148 Å². The zero-order valence-corrected chi connectivity index (χ0v) is 23.3. The first-order valence-corrected chi connectivity index (χ1v) is 12.7. The molecular formula is C38H38N2. The van der Waals surface area contributed by atoms with E-state index >= 15 is 0 Å². The maximum atomic E-state index is 4.36. The van der Waals surface area contributed by atoms with Crippen LogP contribution >= 0.6 is 0 Å². The molecule has 0 atom stereocenters. The predicted molar refractivity (Wildman–Crippen MR) is 179 cm³/mol. The molecule has 2 nitrogen and oxygen atoms in total. The summed E-state index contributed by atoms with van der Waals surface area (Å²) in [6.45, 7) is 24.0. The van der Waals surface area contributed by atoms with Crippen LogP contribution < -0.4 is 0 Å². The molecule has 0 amide bonds. The quantitative estimate of drug-likeness (QED) is 0.211. The molecule has 40 heavy (non-hydrogen) atoms. The van der Waals surface area contributed by atoms with Gasteiger partial charge in [-0.2, -0.15) is 0 Å². The molecule has 6 rings (SSSR count). The lowest BCUT2D eigenvalue weighted by molar-refractivity contribution is 1.33. The van der Waals surface area contributed by atoms with E-state index in [-0.39, 0.29) is 0 Å². The molecule has 0 saturated carbocycles. The van der Waals surface area contributed by atoms with E-state index in [0.29, 0.717) is 0 Å². The molecule has 2 heteroatoms. The number of benzene rings is 4. The summed E-state index contributed by atoms with van der Waals surface area (Å²) in [5.41, 5.74) is 4.38. The Morgan fingerprint density at radius 1 is 0.325 bits per heavy atom. The van der Waals surface area contributed by atoms with Crippen molar-refractivity contribution in [1.29, 1.82) is 0 Å². The van der Waals surface area contributed by atoms with Crippen LogP contribution in [-0.4, -0.2) is 9.97 Å². The summed E-state index contributed by atoms with van der Waals surface area (Å²) >= 11 is 0. The first kappa shape index (κ1) is 32.7. The Morgan fingerprint density at radius 2 is 0.650 bits per heavy atom. The average molecular weight is 523 g/mol. The van der Waals surface area contributed by atoms with Crippen LogP contribution in [0.3, 0.4) is 0 Å². The molecule has 0 N–H and O–H groups in total. The van der Waals surface area contributed by atoms with Gasteiger partial charge in [0, 0.05) is 23.5 Å². The van der Waals surface area contributed by atoms with Gasteiger partial charge in [0.25, 0.3) is 0 Å². The van der Waals surface area contributed by atoms with Gasteiger partial charge in [-0.3, -0.25) is 9.97 Å². The van der Waals surface area contributed by atoms with Crippen molar-refractivity contribution in [1.82, 2.24) is 9.97 Å². The van der Waals surface area contributed by atoms with Crippen LogP contribution in [0.5, 0.6) is 0 Å². The molecule has 0 aliphatic carbocycles. The summed E-state index contributed by atoms with van der Waals surface area (Å²) in [6, 6.07) is 41.6. The maximum Gasteiger partial charge on any atom is 0.0702 e. The van der Waals surface area contributed by atoms with E-state index in [1.165, 1.54) is 32.7 Å². The van der Waals surface area contributed by atoms with E-state index in [9.17, 15) is 0 Å². The molecule has 2 aromatic heterocycles. The number of hydrogen-bond donors (Lipinski definition) is 0. The van der Waals surface area contributed by atoms with Gasteiger partial charge in [-0.1, -0.05) is 84.9 Å². The van der Waals surface area contributed by atoms with Crippen molar-refractivity contribution < 1.29 is 0 Å². The molecule has 0 aliphatic heterocycles. The standard InChI is InChI=1S/2C15H11N.4C2H4/c2*1-2-6-13-11-14(9-8-12(13)5-1)15-7-3-4-10-16-15;4*1-2/h2*1-11H;4*1-2H2. The summed E-state index contributed by atoms with van der Waals surface area (Å²) in [4.78, 5) is 8.71. The third-order valence-corrected chi connectivity index (χ3v) is 5.42. The largest absolute Gasteiger partial charge is 0.256 e. The topological polar surface area (TPSA) is 25.8 Å². The number of pyridine rings is 2. The minimum Gasteiger partial charge on any atom is -0.256 e. The van der Waals surface area contributed by atoms with Crippen molar-refractivity contribution in [2.24, 2.45) is 0 Å². The zero-order chi connectivity index (χ0) is 29.6. The molecule has 0 spiro atoms. The number of fused-ring (bicyclic) bond motifs is 2. The van der Waals surface area contributed by atoms with Gasteiger partial charge >= 0.3 is 0 Å². The molecule has 0 saturated heterocycles. The second kappa shape index (κ2) is 19.7. The summed E-state index contributed by atoms with van der Waals surface area (Å²) in [7, 11) is 0. The summed E-state index contributed by atoms with van der Waals surface area (Å²) < 4.78 is 0. The fourth-order valence-corrected chi connectivity index (χ4v) is 3.76. The third-order valence-electron chi connectivity index (χ3n) is 5.42. The Labute approximate surface area is 240 Å². The summed E-state index contributed by atoms with van der Waals surface area (Å²) in [6.07, 6.45) is 3.65. The molecule has 4 aromatic carbocycles. The number of rotatable bonds is 2. The van der Waals surface area contributed by atoms with Crippen molar-refractivity contribution >= 4 is 21.5 Å². The van der Waals surface area contributed by atoms with Crippen LogP contribution in [0.15, 0.2) is 186 Å². The molecule has 200 valence electrons. The highest BCUT2D eigenvalue weighted by atomic mass is 14.7. The first-order valence-electron chi connectivity index (χ1n) is 12.7. The smallest absolute Gasteiger partial charge is 0.0702 e. The van der Waals surface area contributed by atoms with Crippen molar-refractivity contribution in [3.63, 3.8) is 0 Å². The zero-order valence-electron chi connectivity index (χ0n) is 23.3. The van der Waals surface area contributed by atoms with Crippen molar-refractivity contribution in [3.8, 4) is 22.5 Å². The Morgan fingerprint density at radius 3 is 0.975 bits per heavy atom. The molecule has 2 heterocycles. The van der Waals surface area contributed by atoms with Gasteiger partial charge < -0.3 is 0 Å². The molecular weight excluding hydrogens is 484 g/mol. The lowest BCUT2D eigenvalue weighted by atomic mass is 10.0. The first-order chi connectivity index (χ1) is 19.9. The monoisotopic (exact) mass is 522 g/mol. The van der Waals surface area contributed by atoms with Crippen LogP contribution in [-0.2, 0) is 0 Å². The van der Waals surface area contributed by atoms with E-state index in [1.807, 2.05) is 48.8 Å². The van der Waals surface area contributed by atoms with Crippen molar-refractivity contribution in [2.75, 3.05) is 0 Å². The molecule has 0 fully saturated rings. The fraction of sp³-hybridized carbons (Fsp3) is 0. The molecule has 0 radical (unpaired) electrons. The van der Waals surface area contributed by atoms with E-state index in [0.717, 1.165) is 11.4 Å². The lowest BCUT2D eigenvalue weighted by Gasteiger charge is -2.02. The lowest BCUT2D eigenvalue weighted by Crippen LogP contribution is -1.81. The van der Waals surface area contributed by atoms with Gasteiger partial charge in [0.1, 0.15) is 0 Å². The number of aromatic nitrogens is 2. The molecule has 0 aliphatic rings. The van der Waals surface area contributed by atoms with E-state index < -0.39 is 0 Å². The van der Waals surface area contributed by atoms with Gasteiger partial charge in [0.2, 0.25) is 0 Å². The highest BCUT2D eigenvalue weighted by molar-refractivity contribution is 5.87. The number of hydrogen-bond acceptors (Lipinski definition) is 2. The Kier molecular flexibility index (Phi) is 16.1.